The van der Waals surface area contributed by atoms with Gasteiger partial charge in [0.15, 0.2) is 5.58 Å². The first-order valence-corrected chi connectivity index (χ1v) is 9.33. The van der Waals surface area contributed by atoms with Crippen LogP contribution in [0.5, 0.6) is 0 Å². The molecule has 1 aromatic carbocycles. The standard InChI is InChI=1S/C20H19N3O4/c24-10-11-1-2-12(9-11)23-8-7-13-15(23)4-5-16-18(13)19(22-27-16)14-3-6-17(25)21-20(14)26/h4-5,7-8,10-12,14H,1-3,6,9H2,(H,21,25,26)/t11-,12-,14?/m1/s1. The number of carbonyl (C=O) groups is 3. The van der Waals surface area contributed by atoms with E-state index in [2.05, 4.69) is 15.0 Å². The summed E-state index contributed by atoms with van der Waals surface area (Å²) in [5.41, 5.74) is 2.28. The molecule has 3 aromatic rings. The van der Waals surface area contributed by atoms with Gasteiger partial charge in [0.05, 0.1) is 11.3 Å². The number of nitrogens with zero attached hydrogens (tertiary/aromatic N) is 2. The maximum Gasteiger partial charge on any atom is 0.235 e. The summed E-state index contributed by atoms with van der Waals surface area (Å²) in [6, 6.07) is 6.21. The zero-order valence-electron chi connectivity index (χ0n) is 14.7. The van der Waals surface area contributed by atoms with E-state index < -0.39 is 5.92 Å². The molecule has 1 unspecified atom stereocenters. The molecule has 7 nitrogen and oxygen atoms in total. The molecule has 1 N–H and O–H groups in total. The fourth-order valence-electron chi connectivity index (χ4n) is 4.58. The van der Waals surface area contributed by atoms with Crippen LogP contribution in [0.1, 0.15) is 49.8 Å². The van der Waals surface area contributed by atoms with Gasteiger partial charge in [-0.1, -0.05) is 5.16 Å². The molecule has 1 saturated heterocycles. The summed E-state index contributed by atoms with van der Waals surface area (Å²) < 4.78 is 7.71. The highest BCUT2D eigenvalue weighted by Gasteiger charge is 2.33. The number of hydrogen-bond acceptors (Lipinski definition) is 5. The summed E-state index contributed by atoms with van der Waals surface area (Å²) >= 11 is 0. The van der Waals surface area contributed by atoms with Crippen LogP contribution < -0.4 is 5.32 Å². The Labute approximate surface area is 154 Å². The number of aldehydes is 1. The van der Waals surface area contributed by atoms with E-state index in [0.717, 1.165) is 41.8 Å². The van der Waals surface area contributed by atoms with Gasteiger partial charge in [0.1, 0.15) is 12.0 Å². The Bertz CT molecular complexity index is 1080. The van der Waals surface area contributed by atoms with E-state index in [1.165, 1.54) is 0 Å². The van der Waals surface area contributed by atoms with Gasteiger partial charge in [-0.15, -0.1) is 0 Å². The van der Waals surface area contributed by atoms with Crippen molar-refractivity contribution < 1.29 is 18.9 Å². The molecule has 2 amide bonds. The molecular formula is C20H19N3O4. The predicted molar refractivity (Wildman–Crippen MR) is 97.1 cm³/mol. The van der Waals surface area contributed by atoms with Crippen LogP contribution in [0.4, 0.5) is 0 Å². The van der Waals surface area contributed by atoms with Gasteiger partial charge in [0, 0.05) is 35.5 Å². The van der Waals surface area contributed by atoms with Crippen LogP contribution in [0.15, 0.2) is 28.9 Å². The first-order valence-electron chi connectivity index (χ1n) is 9.33. The average molecular weight is 365 g/mol. The molecule has 0 spiro atoms. The minimum Gasteiger partial charge on any atom is -0.356 e. The molecule has 0 bridgehead atoms. The highest BCUT2D eigenvalue weighted by Crippen LogP contribution is 2.39. The third-order valence-corrected chi connectivity index (χ3v) is 5.96. The van der Waals surface area contributed by atoms with Gasteiger partial charge in [-0.25, -0.2) is 0 Å². The molecule has 0 radical (unpaired) electrons. The van der Waals surface area contributed by atoms with Crippen molar-refractivity contribution in [2.75, 3.05) is 0 Å². The third-order valence-electron chi connectivity index (χ3n) is 5.96. The molecule has 3 heterocycles. The van der Waals surface area contributed by atoms with Gasteiger partial charge in [-0.3, -0.25) is 14.9 Å². The average Bonchev–Trinajstić information content (AvgIpc) is 3.38. The Morgan fingerprint density at radius 2 is 2.07 bits per heavy atom. The smallest absolute Gasteiger partial charge is 0.235 e. The first kappa shape index (κ1) is 16.2. The van der Waals surface area contributed by atoms with Crippen LogP contribution in [0.2, 0.25) is 0 Å². The predicted octanol–water partition coefficient (Wildman–Crippen LogP) is 2.84. The van der Waals surface area contributed by atoms with E-state index in [-0.39, 0.29) is 17.7 Å². The van der Waals surface area contributed by atoms with Crippen molar-refractivity contribution in [2.24, 2.45) is 5.92 Å². The monoisotopic (exact) mass is 365 g/mol. The molecule has 2 aliphatic rings. The van der Waals surface area contributed by atoms with Gasteiger partial charge >= 0.3 is 0 Å². The van der Waals surface area contributed by atoms with Gasteiger partial charge in [-0.05, 0) is 43.9 Å². The van der Waals surface area contributed by atoms with Crippen molar-refractivity contribution in [1.29, 1.82) is 0 Å². The Morgan fingerprint density at radius 1 is 1.19 bits per heavy atom. The van der Waals surface area contributed by atoms with E-state index in [9.17, 15) is 14.4 Å². The Balaban J connectivity index is 1.61. The Morgan fingerprint density at radius 3 is 2.85 bits per heavy atom. The van der Waals surface area contributed by atoms with Crippen molar-refractivity contribution in [3.05, 3.63) is 30.1 Å². The number of benzene rings is 1. The van der Waals surface area contributed by atoms with Crippen molar-refractivity contribution in [2.45, 2.75) is 44.1 Å². The second-order valence-electron chi connectivity index (χ2n) is 7.53. The minimum atomic E-state index is -0.483. The number of amides is 2. The normalized spacial score (nSPS) is 26.0. The molecule has 3 atom stereocenters. The zero-order valence-corrected chi connectivity index (χ0v) is 14.7. The van der Waals surface area contributed by atoms with E-state index in [1.54, 1.807) is 0 Å². The van der Waals surface area contributed by atoms with Gasteiger partial charge < -0.3 is 13.9 Å². The molecule has 2 fully saturated rings. The second-order valence-corrected chi connectivity index (χ2v) is 7.53. The lowest BCUT2D eigenvalue weighted by Crippen LogP contribution is -2.39. The molecule has 5 rings (SSSR count). The van der Waals surface area contributed by atoms with Gasteiger partial charge in [0.25, 0.3) is 0 Å². The highest BCUT2D eigenvalue weighted by molar-refractivity contribution is 6.09. The van der Waals surface area contributed by atoms with Crippen LogP contribution in [-0.4, -0.2) is 27.8 Å². The lowest BCUT2D eigenvalue weighted by molar-refractivity contribution is -0.134. The number of carbonyl (C=O) groups excluding carboxylic acids is 3. The highest BCUT2D eigenvalue weighted by atomic mass is 16.5. The number of piperidine rings is 1. The van der Waals surface area contributed by atoms with E-state index in [1.807, 2.05) is 24.4 Å². The Hall–Kier alpha value is -2.96. The first-order chi connectivity index (χ1) is 13.2. The lowest BCUT2D eigenvalue weighted by Gasteiger charge is -2.19. The molecule has 27 heavy (non-hydrogen) atoms. The van der Waals surface area contributed by atoms with Crippen molar-refractivity contribution in [1.82, 2.24) is 15.0 Å². The molecule has 1 saturated carbocycles. The lowest BCUT2D eigenvalue weighted by atomic mass is 9.92. The topological polar surface area (TPSA) is 94.2 Å². The van der Waals surface area contributed by atoms with Crippen molar-refractivity contribution in [3.63, 3.8) is 0 Å². The number of imide groups is 1. The summed E-state index contributed by atoms with van der Waals surface area (Å²) in [6.45, 7) is 0. The summed E-state index contributed by atoms with van der Waals surface area (Å²) in [5, 5.41) is 8.40. The van der Waals surface area contributed by atoms with Crippen LogP contribution >= 0.6 is 0 Å². The van der Waals surface area contributed by atoms with Crippen molar-refractivity contribution >= 4 is 40.0 Å². The number of rotatable bonds is 3. The number of hydrogen-bond donors (Lipinski definition) is 1. The maximum absolute atomic E-state index is 12.3. The van der Waals surface area contributed by atoms with E-state index >= 15 is 0 Å². The second kappa shape index (κ2) is 6.04. The van der Waals surface area contributed by atoms with Crippen LogP contribution in [-0.2, 0) is 14.4 Å². The molecule has 1 aliphatic carbocycles. The number of fused-ring (bicyclic) bond motifs is 3. The van der Waals surface area contributed by atoms with E-state index in [0.29, 0.717) is 30.2 Å². The molecule has 7 heteroatoms. The Kier molecular flexibility index (Phi) is 3.63. The molecule has 1 aliphatic heterocycles. The summed E-state index contributed by atoms with van der Waals surface area (Å²) in [5.74, 6) is -0.913. The summed E-state index contributed by atoms with van der Waals surface area (Å²) in [7, 11) is 0. The van der Waals surface area contributed by atoms with Gasteiger partial charge in [0.2, 0.25) is 11.8 Å². The van der Waals surface area contributed by atoms with Crippen LogP contribution in [0.25, 0.3) is 21.9 Å². The van der Waals surface area contributed by atoms with Crippen molar-refractivity contribution in [3.8, 4) is 0 Å². The van der Waals surface area contributed by atoms with E-state index in [4.69, 9.17) is 4.52 Å². The SMILES string of the molecule is O=C[C@@H]1CC[C@@H](n2ccc3c4c(C5CCC(=O)NC5=O)noc4ccc32)C1. The van der Waals surface area contributed by atoms with Crippen LogP contribution in [0, 0.1) is 5.92 Å². The number of aromatic nitrogens is 2. The molecular weight excluding hydrogens is 346 g/mol. The fraction of sp³-hybridized carbons (Fsp3) is 0.400. The minimum absolute atomic E-state index is 0.130. The number of nitrogens with one attached hydrogen (secondary N) is 1. The summed E-state index contributed by atoms with van der Waals surface area (Å²) in [6.07, 6.45) is 6.60. The van der Waals surface area contributed by atoms with Crippen LogP contribution in [0.3, 0.4) is 0 Å². The quantitative estimate of drug-likeness (QED) is 0.569. The largest absolute Gasteiger partial charge is 0.356 e. The molecule has 2 aromatic heterocycles. The molecule has 138 valence electrons. The maximum atomic E-state index is 12.3. The fourth-order valence-corrected chi connectivity index (χ4v) is 4.58. The summed E-state index contributed by atoms with van der Waals surface area (Å²) in [4.78, 5) is 34.9. The van der Waals surface area contributed by atoms with Gasteiger partial charge in [-0.2, -0.15) is 0 Å². The zero-order chi connectivity index (χ0) is 18.5. The third kappa shape index (κ3) is 2.49.